The van der Waals surface area contributed by atoms with E-state index in [0.29, 0.717) is 37.8 Å². The minimum Gasteiger partial charge on any atom is -0.394 e. The van der Waals surface area contributed by atoms with E-state index in [9.17, 15) is 4.79 Å². The molecule has 0 bridgehead atoms. The first-order valence-corrected chi connectivity index (χ1v) is 6.80. The maximum atomic E-state index is 11.6. The summed E-state index contributed by atoms with van der Waals surface area (Å²) in [5, 5.41) is 14.4. The van der Waals surface area contributed by atoms with Crippen LogP contribution in [0.25, 0.3) is 0 Å². The average molecular weight is 281 g/mol. The Morgan fingerprint density at radius 1 is 1.40 bits per heavy atom. The zero-order chi connectivity index (χ0) is 14.8. The summed E-state index contributed by atoms with van der Waals surface area (Å²) in [6, 6.07) is 3.61. The van der Waals surface area contributed by atoms with E-state index in [1.54, 1.807) is 12.3 Å². The maximum absolute atomic E-state index is 11.6. The van der Waals surface area contributed by atoms with Crippen LogP contribution in [0, 0.1) is 5.92 Å². The molecule has 0 spiro atoms. The second-order valence-electron chi connectivity index (χ2n) is 4.84. The van der Waals surface area contributed by atoms with Crippen LogP contribution in [0.1, 0.15) is 20.3 Å². The second-order valence-corrected chi connectivity index (χ2v) is 4.84. The molecule has 112 valence electrons. The van der Waals surface area contributed by atoms with Crippen molar-refractivity contribution in [3.8, 4) is 0 Å². The van der Waals surface area contributed by atoms with E-state index in [4.69, 9.17) is 9.84 Å². The van der Waals surface area contributed by atoms with E-state index < -0.39 is 0 Å². The number of amides is 1. The van der Waals surface area contributed by atoms with E-state index in [2.05, 4.69) is 15.6 Å². The van der Waals surface area contributed by atoms with Gasteiger partial charge < -0.3 is 20.5 Å². The van der Waals surface area contributed by atoms with Crippen molar-refractivity contribution in [1.82, 2.24) is 4.98 Å². The molecule has 0 fully saturated rings. The third-order valence-corrected chi connectivity index (χ3v) is 2.43. The second kappa shape index (κ2) is 9.28. The number of ether oxygens (including phenoxy) is 1. The normalized spacial score (nSPS) is 10.6. The molecule has 0 unspecified atom stereocenters. The van der Waals surface area contributed by atoms with Gasteiger partial charge in [-0.1, -0.05) is 13.8 Å². The molecule has 3 N–H and O–H groups in total. The SMILES string of the molecule is CC(C)CC(=O)Nc1ccc(NCCOCCO)nc1. The summed E-state index contributed by atoms with van der Waals surface area (Å²) in [6.07, 6.45) is 2.12. The fourth-order valence-corrected chi connectivity index (χ4v) is 1.57. The van der Waals surface area contributed by atoms with Crippen LogP contribution in [0.2, 0.25) is 0 Å². The Labute approximate surface area is 119 Å². The van der Waals surface area contributed by atoms with Crippen LogP contribution in [-0.2, 0) is 9.53 Å². The van der Waals surface area contributed by atoms with Crippen LogP contribution in [0.3, 0.4) is 0 Å². The van der Waals surface area contributed by atoms with Gasteiger partial charge in [-0.25, -0.2) is 4.98 Å². The fraction of sp³-hybridized carbons (Fsp3) is 0.571. The lowest BCUT2D eigenvalue weighted by Gasteiger charge is -2.09. The maximum Gasteiger partial charge on any atom is 0.224 e. The van der Waals surface area contributed by atoms with Gasteiger partial charge in [-0.05, 0) is 18.1 Å². The Hall–Kier alpha value is -1.66. The Balaban J connectivity index is 2.31. The highest BCUT2D eigenvalue weighted by molar-refractivity contribution is 5.90. The highest BCUT2D eigenvalue weighted by Crippen LogP contribution is 2.11. The molecule has 0 aliphatic rings. The van der Waals surface area contributed by atoms with E-state index in [-0.39, 0.29) is 12.5 Å². The molecular weight excluding hydrogens is 258 g/mol. The van der Waals surface area contributed by atoms with Gasteiger partial charge >= 0.3 is 0 Å². The number of nitrogens with one attached hydrogen (secondary N) is 2. The van der Waals surface area contributed by atoms with E-state index in [0.717, 1.165) is 5.82 Å². The predicted octanol–water partition coefficient (Wildman–Crippen LogP) is 1.49. The molecule has 20 heavy (non-hydrogen) atoms. The van der Waals surface area contributed by atoms with Crippen molar-refractivity contribution in [2.45, 2.75) is 20.3 Å². The van der Waals surface area contributed by atoms with Crippen molar-refractivity contribution in [1.29, 1.82) is 0 Å². The standard InChI is InChI=1S/C14H23N3O3/c1-11(2)9-14(19)17-12-3-4-13(16-10-12)15-5-7-20-8-6-18/h3-4,10-11,18H,5-9H2,1-2H3,(H,15,16)(H,17,19). The number of aliphatic hydroxyl groups excluding tert-OH is 1. The molecule has 0 saturated carbocycles. The van der Waals surface area contributed by atoms with Gasteiger partial charge in [0.05, 0.1) is 31.7 Å². The lowest BCUT2D eigenvalue weighted by molar-refractivity contribution is -0.116. The van der Waals surface area contributed by atoms with E-state index >= 15 is 0 Å². The Kier molecular flexibility index (Phi) is 7.60. The van der Waals surface area contributed by atoms with Crippen LogP contribution in [0.15, 0.2) is 18.3 Å². The topological polar surface area (TPSA) is 83.5 Å². The van der Waals surface area contributed by atoms with Crippen molar-refractivity contribution in [2.24, 2.45) is 5.92 Å². The quantitative estimate of drug-likeness (QED) is 0.597. The van der Waals surface area contributed by atoms with Gasteiger partial charge in [0.1, 0.15) is 5.82 Å². The van der Waals surface area contributed by atoms with Crippen molar-refractivity contribution < 1.29 is 14.6 Å². The molecule has 6 nitrogen and oxygen atoms in total. The van der Waals surface area contributed by atoms with Crippen LogP contribution in [-0.4, -0.2) is 42.4 Å². The molecule has 0 atom stereocenters. The number of pyridine rings is 1. The molecule has 1 heterocycles. The number of anilines is 2. The van der Waals surface area contributed by atoms with Crippen molar-refractivity contribution >= 4 is 17.4 Å². The highest BCUT2D eigenvalue weighted by atomic mass is 16.5. The summed E-state index contributed by atoms with van der Waals surface area (Å²) in [5.41, 5.74) is 0.692. The molecule has 0 aliphatic heterocycles. The number of aromatic nitrogens is 1. The number of nitrogens with zero attached hydrogens (tertiary/aromatic N) is 1. The number of hydrogen-bond donors (Lipinski definition) is 3. The van der Waals surface area contributed by atoms with Gasteiger partial charge in [-0.3, -0.25) is 4.79 Å². The van der Waals surface area contributed by atoms with Crippen LogP contribution >= 0.6 is 0 Å². The predicted molar refractivity (Wildman–Crippen MR) is 78.7 cm³/mol. The monoisotopic (exact) mass is 281 g/mol. The third kappa shape index (κ3) is 7.06. The Morgan fingerprint density at radius 3 is 2.80 bits per heavy atom. The van der Waals surface area contributed by atoms with Crippen LogP contribution in [0.4, 0.5) is 11.5 Å². The molecular formula is C14H23N3O3. The summed E-state index contributed by atoms with van der Waals surface area (Å²) < 4.78 is 5.12. The number of hydrogen-bond acceptors (Lipinski definition) is 5. The minimum absolute atomic E-state index is 0.0000809. The summed E-state index contributed by atoms with van der Waals surface area (Å²) in [6.45, 7) is 5.51. The molecule has 1 amide bonds. The summed E-state index contributed by atoms with van der Waals surface area (Å²) >= 11 is 0. The molecule has 0 saturated heterocycles. The Bertz CT molecular complexity index is 393. The van der Waals surface area contributed by atoms with E-state index in [1.165, 1.54) is 0 Å². The molecule has 6 heteroatoms. The average Bonchev–Trinajstić information content (AvgIpc) is 2.39. The molecule has 1 aromatic heterocycles. The summed E-state index contributed by atoms with van der Waals surface area (Å²) in [5.74, 6) is 1.06. The van der Waals surface area contributed by atoms with Crippen molar-refractivity contribution in [2.75, 3.05) is 37.0 Å². The number of aliphatic hydroxyl groups is 1. The fourth-order valence-electron chi connectivity index (χ4n) is 1.57. The van der Waals surface area contributed by atoms with Crippen molar-refractivity contribution in [3.05, 3.63) is 18.3 Å². The highest BCUT2D eigenvalue weighted by Gasteiger charge is 2.05. The van der Waals surface area contributed by atoms with Gasteiger partial charge in [-0.2, -0.15) is 0 Å². The molecule has 0 radical (unpaired) electrons. The number of rotatable bonds is 9. The molecule has 0 aliphatic carbocycles. The third-order valence-electron chi connectivity index (χ3n) is 2.43. The van der Waals surface area contributed by atoms with Gasteiger partial charge in [0.25, 0.3) is 0 Å². The summed E-state index contributed by atoms with van der Waals surface area (Å²) in [7, 11) is 0. The van der Waals surface area contributed by atoms with Gasteiger partial charge in [-0.15, -0.1) is 0 Å². The summed E-state index contributed by atoms with van der Waals surface area (Å²) in [4.78, 5) is 15.8. The smallest absolute Gasteiger partial charge is 0.224 e. The number of carbonyl (C=O) groups is 1. The van der Waals surface area contributed by atoms with E-state index in [1.807, 2.05) is 19.9 Å². The van der Waals surface area contributed by atoms with Crippen LogP contribution in [0.5, 0.6) is 0 Å². The first kappa shape index (κ1) is 16.4. The number of carbonyl (C=O) groups excluding carboxylic acids is 1. The lowest BCUT2D eigenvalue weighted by atomic mass is 10.1. The zero-order valence-corrected chi connectivity index (χ0v) is 12.1. The lowest BCUT2D eigenvalue weighted by Crippen LogP contribution is -2.14. The molecule has 1 rings (SSSR count). The van der Waals surface area contributed by atoms with Gasteiger partial charge in [0.15, 0.2) is 0 Å². The first-order valence-electron chi connectivity index (χ1n) is 6.80. The van der Waals surface area contributed by atoms with Gasteiger partial charge in [0.2, 0.25) is 5.91 Å². The van der Waals surface area contributed by atoms with Gasteiger partial charge in [0, 0.05) is 13.0 Å². The minimum atomic E-state index is -0.0000809. The molecule has 0 aromatic carbocycles. The molecule has 1 aromatic rings. The largest absolute Gasteiger partial charge is 0.394 e. The van der Waals surface area contributed by atoms with Crippen LogP contribution < -0.4 is 10.6 Å². The van der Waals surface area contributed by atoms with Crippen molar-refractivity contribution in [3.63, 3.8) is 0 Å². The first-order chi connectivity index (χ1) is 9.61. The Morgan fingerprint density at radius 2 is 2.20 bits per heavy atom. The zero-order valence-electron chi connectivity index (χ0n) is 12.1.